The van der Waals surface area contributed by atoms with Crippen molar-refractivity contribution in [3.8, 4) is 17.1 Å². The van der Waals surface area contributed by atoms with E-state index >= 15 is 0 Å². The van der Waals surface area contributed by atoms with Crippen molar-refractivity contribution in [2.24, 2.45) is 11.7 Å². The number of anilines is 1. The lowest BCUT2D eigenvalue weighted by molar-refractivity contribution is -0.117. The van der Waals surface area contributed by atoms with Crippen molar-refractivity contribution in [1.82, 2.24) is 4.98 Å². The molecule has 2 aromatic rings. The third-order valence-electron chi connectivity index (χ3n) is 3.23. The minimum absolute atomic E-state index is 0.128. The van der Waals surface area contributed by atoms with Crippen molar-refractivity contribution in [2.45, 2.75) is 32.9 Å². The highest BCUT2D eigenvalue weighted by Crippen LogP contribution is 2.33. The molecule has 0 aliphatic rings. The Bertz CT molecular complexity index is 675. The number of hydrogen-bond donors (Lipinski definition) is 2. The molecule has 130 valence electrons. The molecule has 0 radical (unpaired) electrons. The van der Waals surface area contributed by atoms with E-state index in [1.807, 2.05) is 13.8 Å². The highest BCUT2D eigenvalue weighted by Gasteiger charge is 2.18. The first kappa shape index (κ1) is 17.9. The maximum absolute atomic E-state index is 12.6. The number of alkyl halides is 2. The lowest BCUT2D eigenvalue weighted by atomic mass is 10.0. The molecule has 0 aliphatic heterocycles. The Morgan fingerprint density at radius 1 is 1.42 bits per heavy atom. The predicted molar refractivity (Wildman–Crippen MR) is 84.6 cm³/mol. The van der Waals surface area contributed by atoms with Crippen LogP contribution in [-0.2, 0) is 4.79 Å². The summed E-state index contributed by atoms with van der Waals surface area (Å²) in [6.07, 6.45) is 3.08. The van der Waals surface area contributed by atoms with Crippen molar-refractivity contribution >= 4 is 11.6 Å². The Morgan fingerprint density at radius 3 is 2.75 bits per heavy atom. The van der Waals surface area contributed by atoms with Gasteiger partial charge < -0.3 is 20.2 Å². The molecule has 1 amide bonds. The lowest BCUT2D eigenvalue weighted by Crippen LogP contribution is -2.36. The van der Waals surface area contributed by atoms with Gasteiger partial charge in [-0.15, -0.1) is 0 Å². The summed E-state index contributed by atoms with van der Waals surface area (Å²) in [4.78, 5) is 15.8. The summed E-state index contributed by atoms with van der Waals surface area (Å²) < 4.78 is 34.9. The molecule has 0 saturated carbocycles. The molecule has 1 unspecified atom stereocenters. The molecule has 6 nitrogen and oxygen atoms in total. The van der Waals surface area contributed by atoms with Gasteiger partial charge in [-0.05, 0) is 24.5 Å². The Kier molecular flexibility index (Phi) is 5.86. The van der Waals surface area contributed by atoms with Crippen molar-refractivity contribution in [3.63, 3.8) is 0 Å². The molecule has 2 rings (SSSR count). The molecule has 0 aliphatic carbocycles. The van der Waals surface area contributed by atoms with Gasteiger partial charge in [-0.1, -0.05) is 13.8 Å². The van der Waals surface area contributed by atoms with Crippen LogP contribution in [0.4, 0.5) is 14.5 Å². The van der Waals surface area contributed by atoms with Crippen LogP contribution in [-0.4, -0.2) is 23.5 Å². The van der Waals surface area contributed by atoms with Crippen LogP contribution in [0.3, 0.4) is 0 Å². The van der Waals surface area contributed by atoms with Gasteiger partial charge in [0.05, 0.1) is 17.8 Å². The van der Waals surface area contributed by atoms with Crippen LogP contribution >= 0.6 is 0 Å². The number of ether oxygens (including phenoxy) is 1. The second kappa shape index (κ2) is 7.87. The molecule has 8 heteroatoms. The van der Waals surface area contributed by atoms with Crippen LogP contribution in [0.1, 0.15) is 20.3 Å². The number of nitrogens with one attached hydrogen (secondary N) is 1. The van der Waals surface area contributed by atoms with Crippen LogP contribution in [0, 0.1) is 5.92 Å². The molecule has 0 bridgehead atoms. The van der Waals surface area contributed by atoms with Gasteiger partial charge in [0.15, 0.2) is 12.2 Å². The standard InChI is InChI=1S/C16H19F2N3O3/c1-9(2)5-12(19)15(22)21-10-3-4-11(14-7-20-8-23-14)13(6-10)24-16(17)18/h3-4,6-9,12,16H,5,19H2,1-2H3,(H,21,22). The number of aromatic nitrogens is 1. The molecule has 0 spiro atoms. The number of carbonyl (C=O) groups excluding carboxylic acids is 1. The highest BCUT2D eigenvalue weighted by molar-refractivity contribution is 5.95. The molecule has 1 heterocycles. The van der Waals surface area contributed by atoms with E-state index in [1.54, 1.807) is 6.07 Å². The van der Waals surface area contributed by atoms with E-state index in [4.69, 9.17) is 10.2 Å². The topological polar surface area (TPSA) is 90.4 Å². The number of oxazole rings is 1. The van der Waals surface area contributed by atoms with E-state index in [0.29, 0.717) is 17.7 Å². The number of carbonyl (C=O) groups is 1. The van der Waals surface area contributed by atoms with Gasteiger partial charge in [0, 0.05) is 11.8 Å². The summed E-state index contributed by atoms with van der Waals surface area (Å²) in [5, 5.41) is 2.60. The van der Waals surface area contributed by atoms with Crippen LogP contribution < -0.4 is 15.8 Å². The Morgan fingerprint density at radius 2 is 2.17 bits per heavy atom. The summed E-state index contributed by atoms with van der Waals surface area (Å²) in [5.41, 5.74) is 6.41. The van der Waals surface area contributed by atoms with Crippen molar-refractivity contribution in [3.05, 3.63) is 30.8 Å². The molecular weight excluding hydrogens is 320 g/mol. The zero-order valence-electron chi connectivity index (χ0n) is 13.3. The quantitative estimate of drug-likeness (QED) is 0.808. The number of halogens is 2. The minimum atomic E-state index is -3.01. The molecule has 0 saturated heterocycles. The van der Waals surface area contributed by atoms with Crippen LogP contribution in [0.15, 0.2) is 35.2 Å². The minimum Gasteiger partial charge on any atom is -0.443 e. The second-order valence-electron chi connectivity index (χ2n) is 5.68. The van der Waals surface area contributed by atoms with Crippen molar-refractivity contribution in [2.75, 3.05) is 5.32 Å². The summed E-state index contributed by atoms with van der Waals surface area (Å²) in [7, 11) is 0. The normalized spacial score (nSPS) is 12.5. The van der Waals surface area contributed by atoms with Gasteiger partial charge in [0.1, 0.15) is 5.75 Å². The third-order valence-corrected chi connectivity index (χ3v) is 3.23. The third kappa shape index (κ3) is 4.76. The summed E-state index contributed by atoms with van der Waals surface area (Å²) in [6, 6.07) is 3.67. The first-order valence-electron chi connectivity index (χ1n) is 7.41. The predicted octanol–water partition coefficient (Wildman–Crippen LogP) is 3.25. The van der Waals surface area contributed by atoms with Gasteiger partial charge in [0.25, 0.3) is 0 Å². The molecular formula is C16H19F2N3O3. The zero-order valence-corrected chi connectivity index (χ0v) is 13.3. The molecule has 24 heavy (non-hydrogen) atoms. The lowest BCUT2D eigenvalue weighted by Gasteiger charge is -2.15. The van der Waals surface area contributed by atoms with Gasteiger partial charge in [-0.3, -0.25) is 4.79 Å². The summed E-state index contributed by atoms with van der Waals surface area (Å²) in [5.74, 6) is 0.0217. The fourth-order valence-electron chi connectivity index (χ4n) is 2.20. The van der Waals surface area contributed by atoms with Gasteiger partial charge in [-0.25, -0.2) is 4.98 Å². The second-order valence-corrected chi connectivity index (χ2v) is 5.68. The number of benzene rings is 1. The zero-order chi connectivity index (χ0) is 17.7. The first-order valence-corrected chi connectivity index (χ1v) is 7.41. The largest absolute Gasteiger partial charge is 0.443 e. The van der Waals surface area contributed by atoms with E-state index < -0.39 is 12.7 Å². The SMILES string of the molecule is CC(C)CC(N)C(=O)Nc1ccc(-c2cnco2)c(OC(F)F)c1. The monoisotopic (exact) mass is 339 g/mol. The maximum Gasteiger partial charge on any atom is 0.387 e. The number of hydrogen-bond acceptors (Lipinski definition) is 5. The van der Waals surface area contributed by atoms with Gasteiger partial charge in [0.2, 0.25) is 5.91 Å². The Balaban J connectivity index is 2.21. The summed E-state index contributed by atoms with van der Waals surface area (Å²) in [6.45, 7) is 0.891. The van der Waals surface area contributed by atoms with E-state index in [-0.39, 0.29) is 23.3 Å². The summed E-state index contributed by atoms with van der Waals surface area (Å²) >= 11 is 0. The van der Waals surface area contributed by atoms with E-state index in [0.717, 1.165) is 0 Å². The number of rotatable bonds is 7. The smallest absolute Gasteiger partial charge is 0.387 e. The van der Waals surface area contributed by atoms with Gasteiger partial charge in [-0.2, -0.15) is 8.78 Å². The van der Waals surface area contributed by atoms with Crippen LogP contribution in [0.2, 0.25) is 0 Å². The molecule has 0 fully saturated rings. The fraction of sp³-hybridized carbons (Fsp3) is 0.375. The number of nitrogens with two attached hydrogens (primary N) is 1. The van der Waals surface area contributed by atoms with E-state index in [2.05, 4.69) is 15.0 Å². The molecule has 1 atom stereocenters. The number of nitrogens with zero attached hydrogens (tertiary/aromatic N) is 1. The van der Waals surface area contributed by atoms with Gasteiger partial charge >= 0.3 is 6.61 Å². The number of amides is 1. The molecule has 1 aromatic carbocycles. The average Bonchev–Trinajstić information content (AvgIpc) is 3.00. The van der Waals surface area contributed by atoms with Crippen molar-refractivity contribution in [1.29, 1.82) is 0 Å². The Labute approximate surface area is 138 Å². The Hall–Kier alpha value is -2.48. The van der Waals surface area contributed by atoms with Crippen molar-refractivity contribution < 1.29 is 22.7 Å². The first-order chi connectivity index (χ1) is 11.4. The van der Waals surface area contributed by atoms with Crippen LogP contribution in [0.5, 0.6) is 5.75 Å². The van der Waals surface area contributed by atoms with E-state index in [9.17, 15) is 13.6 Å². The highest BCUT2D eigenvalue weighted by atomic mass is 19.3. The average molecular weight is 339 g/mol. The van der Waals surface area contributed by atoms with E-state index in [1.165, 1.54) is 24.7 Å². The molecule has 3 N–H and O–H groups in total. The maximum atomic E-state index is 12.6. The molecule has 1 aromatic heterocycles. The fourth-order valence-corrected chi connectivity index (χ4v) is 2.20. The van der Waals surface area contributed by atoms with Crippen LogP contribution in [0.25, 0.3) is 11.3 Å².